The molecule has 0 bridgehead atoms. The van der Waals surface area contributed by atoms with Crippen molar-refractivity contribution >= 4 is 63.3 Å². The Balaban J connectivity index is 1.31. The number of hydrogen-bond acceptors (Lipinski definition) is 5. The highest BCUT2D eigenvalue weighted by atomic mass is 35.5. The number of benzene rings is 3. The molecule has 2 heterocycles. The number of hydrogen-bond donors (Lipinski definition) is 1. The smallest absolute Gasteiger partial charge is 0.258 e. The van der Waals surface area contributed by atoms with Gasteiger partial charge in [0.1, 0.15) is 11.6 Å². The lowest BCUT2D eigenvalue weighted by Gasteiger charge is -2.50. The van der Waals surface area contributed by atoms with E-state index in [4.69, 9.17) is 23.2 Å². The number of allylic oxidation sites excluding steroid dienone is 2. The molecule has 4 amide bonds. The third-order valence-electron chi connectivity index (χ3n) is 11.1. The third-order valence-corrected chi connectivity index (χ3v) is 12.5. The molecule has 8 rings (SSSR count). The molecular weight excluding hydrogens is 630 g/mol. The minimum Gasteiger partial charge on any atom is -0.507 e. The number of halogens is 3. The highest BCUT2D eigenvalue weighted by molar-refractivity contribution is 6.58. The predicted molar refractivity (Wildman–Crippen MR) is 171 cm³/mol. The normalized spacial score (nSPS) is 32.9. The Morgan fingerprint density at radius 1 is 0.826 bits per heavy atom. The van der Waals surface area contributed by atoms with E-state index < -0.39 is 51.1 Å². The number of carbonyl (C=O) groups is 4. The van der Waals surface area contributed by atoms with E-state index in [9.17, 15) is 28.7 Å². The molecule has 46 heavy (non-hydrogen) atoms. The maximum atomic E-state index is 14.6. The van der Waals surface area contributed by atoms with Gasteiger partial charge in [0.15, 0.2) is 9.75 Å². The molecule has 0 radical (unpaired) electrons. The van der Waals surface area contributed by atoms with Crippen LogP contribution in [0, 0.1) is 23.6 Å². The van der Waals surface area contributed by atoms with Crippen LogP contribution >= 0.6 is 23.2 Å². The number of phenolic OH excluding ortho intramolecular Hbond substituents is 1. The molecule has 6 atom stereocenters. The SMILES string of the molecule is O=C1[C@H]2[C@H](CC=C3[C@H]2C[C@@]2(Cl)C(=O)N(c4ccc(F)cc4)C(=O)[C@@]2(Cl)[C@H]3c2ccc3ccccc3c2O)C(=O)N1C1CCCCC1. The summed E-state index contributed by atoms with van der Waals surface area (Å²) < 4.78 is 13.9. The van der Waals surface area contributed by atoms with Gasteiger partial charge in [-0.1, -0.05) is 67.3 Å². The maximum absolute atomic E-state index is 14.6. The number of imide groups is 2. The highest BCUT2D eigenvalue weighted by Crippen LogP contribution is 2.66. The van der Waals surface area contributed by atoms with Crippen LogP contribution in [-0.2, 0) is 19.2 Å². The number of fused-ring (bicyclic) bond motifs is 5. The summed E-state index contributed by atoms with van der Waals surface area (Å²) in [6, 6.07) is 15.5. The maximum Gasteiger partial charge on any atom is 0.258 e. The second-order valence-electron chi connectivity index (χ2n) is 13.3. The van der Waals surface area contributed by atoms with Crippen LogP contribution in [0.15, 0.2) is 72.3 Å². The number of alkyl halides is 2. The number of phenols is 1. The van der Waals surface area contributed by atoms with Crippen molar-refractivity contribution in [3.8, 4) is 5.75 Å². The van der Waals surface area contributed by atoms with Crippen LogP contribution in [-0.4, -0.2) is 49.4 Å². The molecule has 5 aliphatic rings. The molecule has 0 aromatic heterocycles. The van der Waals surface area contributed by atoms with Crippen LogP contribution in [0.1, 0.15) is 56.4 Å². The molecule has 2 saturated heterocycles. The molecule has 1 N–H and O–H groups in total. The van der Waals surface area contributed by atoms with E-state index in [1.54, 1.807) is 18.2 Å². The zero-order valence-corrected chi connectivity index (χ0v) is 26.3. The van der Waals surface area contributed by atoms with Gasteiger partial charge >= 0.3 is 0 Å². The van der Waals surface area contributed by atoms with Gasteiger partial charge in [0.2, 0.25) is 11.8 Å². The second kappa shape index (κ2) is 10.4. The summed E-state index contributed by atoms with van der Waals surface area (Å²) in [6.07, 6.45) is 6.47. The lowest BCUT2D eigenvalue weighted by molar-refractivity contribution is -0.143. The summed E-state index contributed by atoms with van der Waals surface area (Å²) in [5.41, 5.74) is 1.03. The largest absolute Gasteiger partial charge is 0.507 e. The first-order valence-electron chi connectivity index (χ1n) is 15.9. The zero-order chi connectivity index (χ0) is 32.1. The van der Waals surface area contributed by atoms with Gasteiger partial charge in [-0.05, 0) is 61.3 Å². The molecule has 2 saturated carbocycles. The number of rotatable bonds is 3. The van der Waals surface area contributed by atoms with E-state index in [1.807, 2.05) is 24.3 Å². The van der Waals surface area contributed by atoms with Gasteiger partial charge in [0, 0.05) is 22.9 Å². The molecule has 4 fully saturated rings. The first-order chi connectivity index (χ1) is 22.1. The topological polar surface area (TPSA) is 95.0 Å². The predicted octanol–water partition coefficient (Wildman–Crippen LogP) is 6.58. The number of aromatic hydroxyl groups is 1. The fourth-order valence-electron chi connectivity index (χ4n) is 8.97. The number of anilines is 1. The average Bonchev–Trinajstić information content (AvgIpc) is 3.40. The lowest BCUT2D eigenvalue weighted by Crippen LogP contribution is -2.60. The van der Waals surface area contributed by atoms with Crippen molar-refractivity contribution in [3.63, 3.8) is 0 Å². The Labute approximate surface area is 274 Å². The van der Waals surface area contributed by atoms with E-state index in [0.29, 0.717) is 16.5 Å². The first-order valence-corrected chi connectivity index (χ1v) is 16.6. The summed E-state index contributed by atoms with van der Waals surface area (Å²) in [5, 5.41) is 13.0. The first kappa shape index (κ1) is 29.6. The quantitative estimate of drug-likeness (QED) is 0.195. The van der Waals surface area contributed by atoms with E-state index in [2.05, 4.69) is 0 Å². The van der Waals surface area contributed by atoms with Gasteiger partial charge in [-0.25, -0.2) is 9.29 Å². The zero-order valence-electron chi connectivity index (χ0n) is 24.8. The average molecular weight is 662 g/mol. The van der Waals surface area contributed by atoms with Gasteiger partial charge in [-0.3, -0.25) is 24.1 Å². The molecule has 10 heteroatoms. The molecule has 236 valence electrons. The molecular formula is C36H31Cl2FN2O5. The summed E-state index contributed by atoms with van der Waals surface area (Å²) in [5.74, 6) is -5.89. The number of likely N-dealkylation sites (tertiary alicyclic amines) is 1. The molecule has 3 aliphatic carbocycles. The fraction of sp³-hybridized carbons (Fsp3) is 0.389. The summed E-state index contributed by atoms with van der Waals surface area (Å²) >= 11 is 14.9. The minimum absolute atomic E-state index is 0.107. The Kier molecular flexibility index (Phi) is 6.69. The highest BCUT2D eigenvalue weighted by Gasteiger charge is 2.77. The number of carbonyl (C=O) groups excluding carboxylic acids is 4. The van der Waals surface area contributed by atoms with Crippen LogP contribution in [0.5, 0.6) is 5.75 Å². The van der Waals surface area contributed by atoms with Crippen molar-refractivity contribution in [1.29, 1.82) is 0 Å². The minimum atomic E-state index is -2.11. The molecule has 3 aromatic rings. The number of amides is 4. The van der Waals surface area contributed by atoms with Gasteiger partial charge in [0.25, 0.3) is 11.8 Å². The molecule has 2 aliphatic heterocycles. The van der Waals surface area contributed by atoms with Crippen molar-refractivity contribution in [2.45, 2.75) is 66.7 Å². The lowest BCUT2D eigenvalue weighted by atomic mass is 9.56. The Bertz CT molecular complexity index is 1870. The second-order valence-corrected chi connectivity index (χ2v) is 14.6. The van der Waals surface area contributed by atoms with E-state index in [-0.39, 0.29) is 42.1 Å². The van der Waals surface area contributed by atoms with E-state index >= 15 is 0 Å². The van der Waals surface area contributed by atoms with Crippen molar-refractivity contribution < 1.29 is 28.7 Å². The van der Waals surface area contributed by atoms with Gasteiger partial charge in [0.05, 0.1) is 17.5 Å². The van der Waals surface area contributed by atoms with Crippen LogP contribution in [0.25, 0.3) is 10.8 Å². The van der Waals surface area contributed by atoms with E-state index in [0.717, 1.165) is 54.5 Å². The van der Waals surface area contributed by atoms with Gasteiger partial charge in [-0.2, -0.15) is 0 Å². The Morgan fingerprint density at radius 2 is 1.54 bits per heavy atom. The molecule has 7 nitrogen and oxygen atoms in total. The van der Waals surface area contributed by atoms with Crippen molar-refractivity contribution in [2.24, 2.45) is 17.8 Å². The molecule has 0 spiro atoms. The standard InChI is InChI=1S/C36H31Cl2FN2O5/c37-35-18-27-24(16-17-25-28(27)32(44)40(31(25)43)21-7-2-1-3-8-21)29(26-15-10-19-6-4-5-9-23(19)30(26)42)36(35,38)34(46)41(33(35)45)22-13-11-20(39)12-14-22/h4-6,9-16,21,25,27-29,42H,1-3,7-8,17-18H2/t25-,27+,28-,29+,35+,36-/m0/s1. The van der Waals surface area contributed by atoms with Crippen LogP contribution in [0.2, 0.25) is 0 Å². The summed E-state index contributed by atoms with van der Waals surface area (Å²) in [4.78, 5) is 55.3. The van der Waals surface area contributed by atoms with Crippen molar-refractivity contribution in [1.82, 2.24) is 4.90 Å². The Hall–Kier alpha value is -3.75. The third kappa shape index (κ3) is 3.83. The Morgan fingerprint density at radius 3 is 2.28 bits per heavy atom. The van der Waals surface area contributed by atoms with Crippen molar-refractivity contribution in [2.75, 3.05) is 4.90 Å². The summed E-state index contributed by atoms with van der Waals surface area (Å²) in [7, 11) is 0. The van der Waals surface area contributed by atoms with Gasteiger partial charge in [-0.15, -0.1) is 23.2 Å². The van der Waals surface area contributed by atoms with Crippen LogP contribution < -0.4 is 4.90 Å². The summed E-state index contributed by atoms with van der Waals surface area (Å²) in [6.45, 7) is 0. The molecule has 0 unspecified atom stereocenters. The number of nitrogens with zero attached hydrogens (tertiary/aromatic N) is 2. The van der Waals surface area contributed by atoms with Crippen molar-refractivity contribution in [3.05, 3.63) is 83.7 Å². The molecule has 3 aromatic carbocycles. The van der Waals surface area contributed by atoms with Gasteiger partial charge < -0.3 is 5.11 Å². The van der Waals surface area contributed by atoms with Crippen LogP contribution in [0.3, 0.4) is 0 Å². The van der Waals surface area contributed by atoms with Crippen LogP contribution in [0.4, 0.5) is 10.1 Å². The van der Waals surface area contributed by atoms with E-state index in [1.165, 1.54) is 17.0 Å². The fourth-order valence-corrected chi connectivity index (χ4v) is 9.90. The monoisotopic (exact) mass is 660 g/mol.